The lowest BCUT2D eigenvalue weighted by molar-refractivity contribution is -0.121. The average Bonchev–Trinajstić information content (AvgIpc) is 2.75. The third-order valence-corrected chi connectivity index (χ3v) is 3.13. The van der Waals surface area contributed by atoms with Gasteiger partial charge in [0.1, 0.15) is 5.76 Å². The number of nitrogens with zero attached hydrogens (tertiary/aromatic N) is 1. The summed E-state index contributed by atoms with van der Waals surface area (Å²) in [6.45, 7) is 4.21. The molecule has 19 heavy (non-hydrogen) atoms. The van der Waals surface area contributed by atoms with E-state index in [1.54, 1.807) is 0 Å². The van der Waals surface area contributed by atoms with E-state index in [1.165, 1.54) is 5.56 Å². The number of rotatable bonds is 5. The van der Waals surface area contributed by atoms with Gasteiger partial charge in [-0.1, -0.05) is 35.5 Å². The van der Waals surface area contributed by atoms with Crippen molar-refractivity contribution in [3.63, 3.8) is 0 Å². The van der Waals surface area contributed by atoms with Crippen molar-refractivity contribution >= 4 is 5.91 Å². The summed E-state index contributed by atoms with van der Waals surface area (Å²) < 4.78 is 5.06. The lowest BCUT2D eigenvalue weighted by Gasteiger charge is -2.05. The Morgan fingerprint density at radius 1 is 1.26 bits per heavy atom. The zero-order chi connectivity index (χ0) is 13.7. The van der Waals surface area contributed by atoms with Crippen LogP contribution in [0.3, 0.4) is 0 Å². The Morgan fingerprint density at radius 2 is 2.00 bits per heavy atom. The zero-order valence-electron chi connectivity index (χ0n) is 11.3. The van der Waals surface area contributed by atoms with Gasteiger partial charge in [-0.05, 0) is 25.8 Å². The molecule has 0 spiro atoms. The van der Waals surface area contributed by atoms with Crippen LogP contribution >= 0.6 is 0 Å². The first-order chi connectivity index (χ1) is 9.16. The number of hydrogen-bond acceptors (Lipinski definition) is 3. The highest BCUT2D eigenvalue weighted by Crippen LogP contribution is 2.11. The van der Waals surface area contributed by atoms with Crippen LogP contribution in [0.1, 0.15) is 29.0 Å². The lowest BCUT2D eigenvalue weighted by Crippen LogP contribution is -2.23. The number of nitrogens with one attached hydrogen (secondary N) is 1. The van der Waals surface area contributed by atoms with Gasteiger partial charge in [0.15, 0.2) is 0 Å². The van der Waals surface area contributed by atoms with Gasteiger partial charge in [0.05, 0.1) is 5.69 Å². The molecule has 0 atom stereocenters. The maximum absolute atomic E-state index is 11.8. The number of benzene rings is 1. The van der Waals surface area contributed by atoms with Crippen molar-refractivity contribution < 1.29 is 9.32 Å². The number of hydrogen-bond donors (Lipinski definition) is 1. The standard InChI is InChI=1S/C15H18N2O2/c1-11-14(12(2)19-17-11)10-16-15(18)9-8-13-6-4-3-5-7-13/h3-7H,8-10H2,1-2H3,(H,16,18). The fraction of sp³-hybridized carbons (Fsp3) is 0.333. The van der Waals surface area contributed by atoms with Gasteiger partial charge in [-0.3, -0.25) is 4.79 Å². The Balaban J connectivity index is 1.79. The van der Waals surface area contributed by atoms with Crippen LogP contribution in [0.15, 0.2) is 34.9 Å². The summed E-state index contributed by atoms with van der Waals surface area (Å²) in [5, 5.41) is 6.76. The van der Waals surface area contributed by atoms with E-state index in [-0.39, 0.29) is 5.91 Å². The molecule has 1 heterocycles. The average molecular weight is 258 g/mol. The first-order valence-corrected chi connectivity index (χ1v) is 6.39. The summed E-state index contributed by atoms with van der Waals surface area (Å²) in [6, 6.07) is 10.00. The van der Waals surface area contributed by atoms with Gasteiger partial charge in [0.2, 0.25) is 5.91 Å². The molecule has 0 aliphatic heterocycles. The molecule has 4 nitrogen and oxygen atoms in total. The number of amides is 1. The summed E-state index contributed by atoms with van der Waals surface area (Å²) in [7, 11) is 0. The summed E-state index contributed by atoms with van der Waals surface area (Å²) in [6.07, 6.45) is 1.25. The number of carbonyl (C=O) groups is 1. The van der Waals surface area contributed by atoms with Gasteiger partial charge in [-0.2, -0.15) is 0 Å². The van der Waals surface area contributed by atoms with Crippen LogP contribution in [0.25, 0.3) is 0 Å². The molecule has 0 radical (unpaired) electrons. The predicted molar refractivity (Wildman–Crippen MR) is 72.6 cm³/mol. The molecular formula is C15H18N2O2. The van der Waals surface area contributed by atoms with Crippen molar-refractivity contribution in [2.45, 2.75) is 33.2 Å². The monoisotopic (exact) mass is 258 g/mol. The maximum Gasteiger partial charge on any atom is 0.220 e. The molecule has 2 rings (SSSR count). The molecule has 1 aromatic heterocycles. The number of aryl methyl sites for hydroxylation is 3. The molecule has 0 bridgehead atoms. The Labute approximate surface area is 112 Å². The number of carbonyl (C=O) groups excluding carboxylic acids is 1. The molecule has 0 saturated carbocycles. The highest BCUT2D eigenvalue weighted by atomic mass is 16.5. The summed E-state index contributed by atoms with van der Waals surface area (Å²) in [4.78, 5) is 11.8. The molecule has 0 saturated heterocycles. The zero-order valence-corrected chi connectivity index (χ0v) is 11.3. The van der Waals surface area contributed by atoms with Crippen LogP contribution in [-0.2, 0) is 17.8 Å². The molecule has 1 amide bonds. The van der Waals surface area contributed by atoms with Crippen molar-refractivity contribution in [1.29, 1.82) is 0 Å². The second-order valence-electron chi connectivity index (χ2n) is 4.57. The normalized spacial score (nSPS) is 10.4. The van der Waals surface area contributed by atoms with E-state index in [4.69, 9.17) is 4.52 Å². The molecule has 0 aliphatic rings. The third kappa shape index (κ3) is 3.68. The minimum absolute atomic E-state index is 0.0452. The fourth-order valence-corrected chi connectivity index (χ4v) is 1.93. The Kier molecular flexibility index (Phi) is 4.34. The lowest BCUT2D eigenvalue weighted by atomic mass is 10.1. The minimum atomic E-state index is 0.0452. The van der Waals surface area contributed by atoms with Crippen LogP contribution in [0.5, 0.6) is 0 Å². The minimum Gasteiger partial charge on any atom is -0.361 e. The molecule has 0 unspecified atom stereocenters. The van der Waals surface area contributed by atoms with Crippen molar-refractivity contribution in [3.8, 4) is 0 Å². The molecule has 4 heteroatoms. The van der Waals surface area contributed by atoms with E-state index in [9.17, 15) is 4.79 Å². The van der Waals surface area contributed by atoms with E-state index >= 15 is 0 Å². The highest BCUT2D eigenvalue weighted by Gasteiger charge is 2.10. The molecule has 1 N–H and O–H groups in total. The SMILES string of the molecule is Cc1noc(C)c1CNC(=O)CCc1ccccc1. The van der Waals surface area contributed by atoms with Crippen molar-refractivity contribution in [2.24, 2.45) is 0 Å². The van der Waals surface area contributed by atoms with E-state index in [0.29, 0.717) is 13.0 Å². The molecule has 2 aromatic rings. The van der Waals surface area contributed by atoms with Crippen LogP contribution in [-0.4, -0.2) is 11.1 Å². The van der Waals surface area contributed by atoms with Crippen LogP contribution in [0.4, 0.5) is 0 Å². The van der Waals surface area contributed by atoms with Gasteiger partial charge in [0.25, 0.3) is 0 Å². The predicted octanol–water partition coefficient (Wildman–Crippen LogP) is 2.54. The Morgan fingerprint density at radius 3 is 2.63 bits per heavy atom. The van der Waals surface area contributed by atoms with Crippen molar-refractivity contribution in [2.75, 3.05) is 0 Å². The van der Waals surface area contributed by atoms with Crippen LogP contribution in [0.2, 0.25) is 0 Å². The van der Waals surface area contributed by atoms with Gasteiger partial charge >= 0.3 is 0 Å². The maximum atomic E-state index is 11.8. The van der Waals surface area contributed by atoms with E-state index in [1.807, 2.05) is 44.2 Å². The quantitative estimate of drug-likeness (QED) is 0.896. The van der Waals surface area contributed by atoms with Gasteiger partial charge < -0.3 is 9.84 Å². The third-order valence-electron chi connectivity index (χ3n) is 3.13. The van der Waals surface area contributed by atoms with Crippen LogP contribution < -0.4 is 5.32 Å². The molecule has 100 valence electrons. The van der Waals surface area contributed by atoms with Gasteiger partial charge in [0, 0.05) is 18.5 Å². The summed E-state index contributed by atoms with van der Waals surface area (Å²) in [5.74, 6) is 0.810. The number of aromatic nitrogens is 1. The molecule has 0 aliphatic carbocycles. The topological polar surface area (TPSA) is 55.1 Å². The van der Waals surface area contributed by atoms with Gasteiger partial charge in [-0.15, -0.1) is 0 Å². The largest absolute Gasteiger partial charge is 0.361 e. The molecule has 0 fully saturated rings. The van der Waals surface area contributed by atoms with Crippen molar-refractivity contribution in [1.82, 2.24) is 10.5 Å². The Hall–Kier alpha value is -2.10. The molecular weight excluding hydrogens is 240 g/mol. The smallest absolute Gasteiger partial charge is 0.220 e. The summed E-state index contributed by atoms with van der Waals surface area (Å²) in [5.41, 5.74) is 2.98. The second kappa shape index (κ2) is 6.18. The van der Waals surface area contributed by atoms with Gasteiger partial charge in [-0.25, -0.2) is 0 Å². The van der Waals surface area contributed by atoms with Crippen molar-refractivity contribution in [3.05, 3.63) is 52.9 Å². The Bertz CT molecular complexity index is 527. The van der Waals surface area contributed by atoms with E-state index < -0.39 is 0 Å². The highest BCUT2D eigenvalue weighted by molar-refractivity contribution is 5.76. The van der Waals surface area contributed by atoms with E-state index in [0.717, 1.165) is 23.4 Å². The summed E-state index contributed by atoms with van der Waals surface area (Å²) >= 11 is 0. The van der Waals surface area contributed by atoms with Crippen LogP contribution in [0, 0.1) is 13.8 Å². The first kappa shape index (κ1) is 13.3. The second-order valence-corrected chi connectivity index (χ2v) is 4.57. The first-order valence-electron chi connectivity index (χ1n) is 6.39. The fourth-order valence-electron chi connectivity index (χ4n) is 1.93. The molecule has 1 aromatic carbocycles. The van der Waals surface area contributed by atoms with E-state index in [2.05, 4.69) is 10.5 Å².